The highest BCUT2D eigenvalue weighted by Gasteiger charge is 2.24. The molecule has 1 atom stereocenters. The van der Waals surface area contributed by atoms with Crippen LogP contribution in [0.3, 0.4) is 0 Å². The molecule has 1 unspecified atom stereocenters. The molecule has 0 saturated carbocycles. The fourth-order valence-corrected chi connectivity index (χ4v) is 4.01. The molecule has 0 bridgehead atoms. The third-order valence-electron chi connectivity index (χ3n) is 5.64. The van der Waals surface area contributed by atoms with Crippen molar-refractivity contribution in [1.29, 1.82) is 5.26 Å². The van der Waals surface area contributed by atoms with Gasteiger partial charge >= 0.3 is 0 Å². The van der Waals surface area contributed by atoms with Crippen LogP contribution in [0.15, 0.2) is 60.7 Å². The lowest BCUT2D eigenvalue weighted by molar-refractivity contribution is -0.125. The first-order valence-electron chi connectivity index (χ1n) is 11.0. The van der Waals surface area contributed by atoms with Gasteiger partial charge in [-0.15, -0.1) is 0 Å². The SMILES string of the molecule is N#CCCN(C(=O)CCC(=O)NCC(c1ccccc1)N1CCCC1)c1ccccc1. The van der Waals surface area contributed by atoms with E-state index in [1.807, 2.05) is 48.5 Å². The van der Waals surface area contributed by atoms with E-state index in [-0.39, 0.29) is 37.1 Å². The van der Waals surface area contributed by atoms with Gasteiger partial charge in [-0.25, -0.2) is 0 Å². The van der Waals surface area contributed by atoms with Gasteiger partial charge in [-0.3, -0.25) is 14.5 Å². The molecule has 1 aliphatic heterocycles. The molecule has 0 aromatic heterocycles. The molecule has 31 heavy (non-hydrogen) atoms. The lowest BCUT2D eigenvalue weighted by atomic mass is 10.1. The van der Waals surface area contributed by atoms with Gasteiger partial charge in [-0.1, -0.05) is 48.5 Å². The third kappa shape index (κ3) is 6.66. The molecule has 0 spiro atoms. The zero-order valence-electron chi connectivity index (χ0n) is 17.9. The average Bonchev–Trinajstić information content (AvgIpc) is 3.34. The molecule has 0 radical (unpaired) electrons. The molecule has 6 nitrogen and oxygen atoms in total. The number of nitrogens with zero attached hydrogens (tertiary/aromatic N) is 3. The molecule has 162 valence electrons. The molecule has 1 heterocycles. The number of carbonyl (C=O) groups excluding carboxylic acids is 2. The Morgan fingerprint density at radius 1 is 1.00 bits per heavy atom. The van der Waals surface area contributed by atoms with E-state index < -0.39 is 0 Å². The predicted molar refractivity (Wildman–Crippen MR) is 121 cm³/mol. The van der Waals surface area contributed by atoms with E-state index in [1.54, 1.807) is 4.90 Å². The van der Waals surface area contributed by atoms with Gasteiger partial charge < -0.3 is 10.2 Å². The number of anilines is 1. The molecular weight excluding hydrogens is 388 g/mol. The van der Waals surface area contributed by atoms with Crippen LogP contribution in [0.5, 0.6) is 0 Å². The van der Waals surface area contributed by atoms with Crippen molar-refractivity contribution in [2.24, 2.45) is 0 Å². The molecule has 3 rings (SSSR count). The maximum absolute atomic E-state index is 12.8. The fraction of sp³-hybridized carbons (Fsp3) is 0.400. The average molecular weight is 419 g/mol. The number of rotatable bonds is 10. The van der Waals surface area contributed by atoms with Gasteiger partial charge in [-0.2, -0.15) is 5.26 Å². The second-order valence-corrected chi connectivity index (χ2v) is 7.76. The number of benzene rings is 2. The number of hydrogen-bond acceptors (Lipinski definition) is 4. The normalized spacial score (nSPS) is 14.5. The zero-order valence-corrected chi connectivity index (χ0v) is 17.9. The van der Waals surface area contributed by atoms with E-state index in [4.69, 9.17) is 5.26 Å². The fourth-order valence-electron chi connectivity index (χ4n) is 4.01. The number of nitriles is 1. The lowest BCUT2D eigenvalue weighted by Crippen LogP contribution is -2.37. The highest BCUT2D eigenvalue weighted by Crippen LogP contribution is 2.24. The molecule has 2 aromatic carbocycles. The van der Waals surface area contributed by atoms with Gasteiger partial charge in [0, 0.05) is 31.6 Å². The number of nitrogens with one attached hydrogen (secondary N) is 1. The van der Waals surface area contributed by atoms with E-state index in [0.29, 0.717) is 13.1 Å². The Morgan fingerprint density at radius 2 is 1.65 bits per heavy atom. The molecule has 2 aromatic rings. The second kappa shape index (κ2) is 11.9. The minimum absolute atomic E-state index is 0.117. The summed E-state index contributed by atoms with van der Waals surface area (Å²) in [4.78, 5) is 29.3. The summed E-state index contributed by atoms with van der Waals surface area (Å²) in [7, 11) is 0. The van der Waals surface area contributed by atoms with Crippen LogP contribution in [0, 0.1) is 11.3 Å². The van der Waals surface area contributed by atoms with Gasteiger partial charge in [0.15, 0.2) is 0 Å². The first kappa shape index (κ1) is 22.5. The summed E-state index contributed by atoms with van der Waals surface area (Å²) in [5.74, 6) is -0.266. The highest BCUT2D eigenvalue weighted by atomic mass is 16.2. The van der Waals surface area contributed by atoms with Gasteiger partial charge in [0.25, 0.3) is 0 Å². The summed E-state index contributed by atoms with van der Waals surface area (Å²) in [5, 5.41) is 11.9. The van der Waals surface area contributed by atoms with Crippen molar-refractivity contribution in [1.82, 2.24) is 10.2 Å². The van der Waals surface area contributed by atoms with Crippen molar-refractivity contribution < 1.29 is 9.59 Å². The molecule has 0 aliphatic carbocycles. The number of para-hydroxylation sites is 1. The van der Waals surface area contributed by atoms with Crippen LogP contribution in [0.2, 0.25) is 0 Å². The van der Waals surface area contributed by atoms with Gasteiger partial charge in [0.1, 0.15) is 0 Å². The van der Waals surface area contributed by atoms with E-state index in [1.165, 1.54) is 18.4 Å². The van der Waals surface area contributed by atoms with E-state index in [2.05, 4.69) is 28.4 Å². The van der Waals surface area contributed by atoms with E-state index in [9.17, 15) is 9.59 Å². The monoisotopic (exact) mass is 418 g/mol. The van der Waals surface area contributed by atoms with Crippen LogP contribution in [-0.4, -0.2) is 42.9 Å². The van der Waals surface area contributed by atoms with E-state index in [0.717, 1.165) is 18.8 Å². The first-order chi connectivity index (χ1) is 15.2. The standard InChI is InChI=1S/C25H30N4O2/c26-16-9-19-29(22-12-5-2-6-13-22)25(31)15-14-24(30)27-20-23(28-17-7-8-18-28)21-10-3-1-4-11-21/h1-6,10-13,23H,7-9,14-15,17-20H2,(H,27,30). The van der Waals surface area contributed by atoms with Crippen molar-refractivity contribution in [2.75, 3.05) is 31.1 Å². The minimum Gasteiger partial charge on any atom is -0.354 e. The molecule has 1 N–H and O–H groups in total. The lowest BCUT2D eigenvalue weighted by Gasteiger charge is -2.28. The summed E-state index contributed by atoms with van der Waals surface area (Å²) in [5.41, 5.74) is 1.95. The Hall–Kier alpha value is -3.17. The van der Waals surface area contributed by atoms with Crippen molar-refractivity contribution in [3.05, 3.63) is 66.2 Å². The van der Waals surface area contributed by atoms with E-state index >= 15 is 0 Å². The number of hydrogen-bond donors (Lipinski definition) is 1. The van der Waals surface area contributed by atoms with Crippen LogP contribution < -0.4 is 10.2 Å². The first-order valence-corrected chi connectivity index (χ1v) is 11.0. The van der Waals surface area contributed by atoms with Crippen LogP contribution in [-0.2, 0) is 9.59 Å². The molecule has 2 amide bonds. The number of likely N-dealkylation sites (tertiary alicyclic amines) is 1. The summed E-state index contributed by atoms with van der Waals surface area (Å²) in [6.07, 6.45) is 2.87. The smallest absolute Gasteiger partial charge is 0.227 e. The van der Waals surface area contributed by atoms with Crippen LogP contribution in [0.1, 0.15) is 43.7 Å². The second-order valence-electron chi connectivity index (χ2n) is 7.76. The summed E-state index contributed by atoms with van der Waals surface area (Å²) in [6, 6.07) is 21.8. The Balaban J connectivity index is 1.54. The quantitative estimate of drug-likeness (QED) is 0.639. The third-order valence-corrected chi connectivity index (χ3v) is 5.64. The van der Waals surface area contributed by atoms with Gasteiger partial charge in [-0.05, 0) is 43.6 Å². The molecular formula is C25H30N4O2. The van der Waals surface area contributed by atoms with Crippen molar-refractivity contribution in [2.45, 2.75) is 38.1 Å². The molecule has 1 saturated heterocycles. The topological polar surface area (TPSA) is 76.4 Å². The Labute approximate surface area is 184 Å². The Bertz CT molecular complexity index is 873. The summed E-state index contributed by atoms with van der Waals surface area (Å²) >= 11 is 0. The number of amides is 2. The van der Waals surface area contributed by atoms with Crippen molar-refractivity contribution in [3.8, 4) is 6.07 Å². The maximum atomic E-state index is 12.8. The zero-order chi connectivity index (χ0) is 21.9. The summed E-state index contributed by atoms with van der Waals surface area (Å²) < 4.78 is 0. The van der Waals surface area contributed by atoms with Crippen LogP contribution in [0.4, 0.5) is 5.69 Å². The van der Waals surface area contributed by atoms with Crippen molar-refractivity contribution in [3.63, 3.8) is 0 Å². The predicted octanol–water partition coefficient (Wildman–Crippen LogP) is 3.67. The molecule has 6 heteroatoms. The maximum Gasteiger partial charge on any atom is 0.227 e. The van der Waals surface area contributed by atoms with Gasteiger partial charge in [0.05, 0.1) is 18.5 Å². The summed E-state index contributed by atoms with van der Waals surface area (Å²) in [6.45, 7) is 2.94. The minimum atomic E-state index is -0.143. The van der Waals surface area contributed by atoms with Crippen LogP contribution >= 0.6 is 0 Å². The molecule has 1 aliphatic rings. The number of carbonyl (C=O) groups is 2. The van der Waals surface area contributed by atoms with Gasteiger partial charge in [0.2, 0.25) is 11.8 Å². The van der Waals surface area contributed by atoms with Crippen LogP contribution in [0.25, 0.3) is 0 Å². The largest absolute Gasteiger partial charge is 0.354 e. The van der Waals surface area contributed by atoms with Crippen molar-refractivity contribution >= 4 is 17.5 Å². The molecule has 1 fully saturated rings. The Morgan fingerprint density at radius 3 is 2.29 bits per heavy atom. The highest BCUT2D eigenvalue weighted by molar-refractivity contribution is 5.95. The Kier molecular flexibility index (Phi) is 8.62.